The Bertz CT molecular complexity index is 696. The number of rotatable bonds is 7. The molecule has 2 rings (SSSR count). The Labute approximate surface area is 125 Å². The smallest absolute Gasteiger partial charge is 0.358 e. The minimum absolute atomic E-state index is 0.108. The Morgan fingerprint density at radius 3 is 2.73 bits per heavy atom. The fourth-order valence-corrected chi connectivity index (χ4v) is 1.90. The zero-order chi connectivity index (χ0) is 16.1. The first-order valence-electron chi connectivity index (χ1n) is 6.60. The van der Waals surface area contributed by atoms with Crippen molar-refractivity contribution < 1.29 is 24.5 Å². The molecule has 116 valence electrons. The molecule has 0 saturated heterocycles. The van der Waals surface area contributed by atoms with Gasteiger partial charge in [-0.25, -0.2) is 9.48 Å². The van der Waals surface area contributed by atoms with E-state index in [1.54, 1.807) is 6.07 Å². The maximum Gasteiger partial charge on any atom is 0.358 e. The zero-order valence-electron chi connectivity index (χ0n) is 11.9. The van der Waals surface area contributed by atoms with Crippen LogP contribution in [0, 0.1) is 0 Å². The summed E-state index contributed by atoms with van der Waals surface area (Å²) < 4.78 is 6.56. The summed E-state index contributed by atoms with van der Waals surface area (Å²) in [5, 5.41) is 24.9. The predicted octanol–water partition coefficient (Wildman–Crippen LogP) is 1.20. The minimum atomic E-state index is -1.28. The molecule has 8 heteroatoms. The number of aryl methyl sites for hydroxylation is 1. The van der Waals surface area contributed by atoms with E-state index in [4.69, 9.17) is 14.9 Å². The highest BCUT2D eigenvalue weighted by Gasteiger charge is 2.20. The number of hydrogen-bond donors (Lipinski definition) is 2. The molecule has 0 bridgehead atoms. The van der Waals surface area contributed by atoms with Crippen molar-refractivity contribution in [3.8, 4) is 5.75 Å². The lowest BCUT2D eigenvalue weighted by Gasteiger charge is -2.09. The Hall–Kier alpha value is -2.90. The van der Waals surface area contributed by atoms with Gasteiger partial charge in [0.1, 0.15) is 24.6 Å². The van der Waals surface area contributed by atoms with E-state index >= 15 is 0 Å². The molecule has 0 aliphatic rings. The van der Waals surface area contributed by atoms with Gasteiger partial charge in [-0.15, -0.1) is 5.10 Å². The molecule has 8 nitrogen and oxygen atoms in total. The van der Waals surface area contributed by atoms with Crippen LogP contribution in [0.25, 0.3) is 0 Å². The van der Waals surface area contributed by atoms with E-state index in [1.807, 2.05) is 25.1 Å². The van der Waals surface area contributed by atoms with Crippen molar-refractivity contribution in [2.24, 2.45) is 0 Å². The Balaban J connectivity index is 2.21. The van der Waals surface area contributed by atoms with Gasteiger partial charge in [0.25, 0.3) is 0 Å². The third-order valence-electron chi connectivity index (χ3n) is 3.01. The van der Waals surface area contributed by atoms with Gasteiger partial charge in [0, 0.05) is 0 Å². The number of carbonyl (C=O) groups is 2. The molecular weight excluding hydrogens is 290 g/mol. The van der Waals surface area contributed by atoms with Crippen molar-refractivity contribution in [2.45, 2.75) is 26.5 Å². The van der Waals surface area contributed by atoms with E-state index in [9.17, 15) is 9.59 Å². The Morgan fingerprint density at radius 2 is 2.09 bits per heavy atom. The highest BCUT2D eigenvalue weighted by Crippen LogP contribution is 2.16. The average Bonchev–Trinajstić information content (AvgIpc) is 2.87. The third-order valence-corrected chi connectivity index (χ3v) is 3.01. The second-order valence-corrected chi connectivity index (χ2v) is 4.53. The van der Waals surface area contributed by atoms with Gasteiger partial charge in [-0.1, -0.05) is 24.3 Å². The number of ether oxygens (including phenoxy) is 1. The minimum Gasteiger partial charge on any atom is -0.487 e. The molecule has 1 aromatic carbocycles. The first-order valence-corrected chi connectivity index (χ1v) is 6.60. The summed E-state index contributed by atoms with van der Waals surface area (Å²) in [6, 6.07) is 7.36. The zero-order valence-corrected chi connectivity index (χ0v) is 11.9. The Morgan fingerprint density at radius 1 is 1.32 bits per heavy atom. The number of aliphatic carboxylic acids is 1. The highest BCUT2D eigenvalue weighted by atomic mass is 16.5. The number of aromatic nitrogens is 3. The van der Waals surface area contributed by atoms with Crippen LogP contribution in [-0.4, -0.2) is 37.1 Å². The molecule has 0 fully saturated rings. The second-order valence-electron chi connectivity index (χ2n) is 4.53. The van der Waals surface area contributed by atoms with Crippen LogP contribution in [0.5, 0.6) is 5.75 Å². The van der Waals surface area contributed by atoms with Crippen molar-refractivity contribution in [3.05, 3.63) is 41.2 Å². The molecule has 0 spiro atoms. The van der Waals surface area contributed by atoms with Crippen LogP contribution in [0.2, 0.25) is 0 Å². The van der Waals surface area contributed by atoms with Gasteiger partial charge in [-0.3, -0.25) is 4.79 Å². The molecule has 0 atom stereocenters. The van der Waals surface area contributed by atoms with E-state index in [1.165, 1.54) is 0 Å². The van der Waals surface area contributed by atoms with E-state index in [0.29, 0.717) is 5.75 Å². The van der Waals surface area contributed by atoms with E-state index in [0.717, 1.165) is 16.7 Å². The average molecular weight is 305 g/mol. The lowest BCUT2D eigenvalue weighted by molar-refractivity contribution is -0.138. The molecule has 0 aliphatic carbocycles. The predicted molar refractivity (Wildman–Crippen MR) is 74.8 cm³/mol. The fourth-order valence-electron chi connectivity index (χ4n) is 1.90. The highest BCUT2D eigenvalue weighted by molar-refractivity contribution is 5.86. The van der Waals surface area contributed by atoms with Gasteiger partial charge in [0.15, 0.2) is 5.69 Å². The standard InChI is InChI=1S/C14H15N3O5/c1-2-9-4-3-5-10(6-9)22-8-11-13(14(20)21)15-16-17(11)7-12(18)19/h3-6H,2,7-8H2,1H3,(H,18,19)(H,20,21). The number of carboxylic acid groups (broad SMARTS) is 2. The molecule has 0 amide bonds. The summed E-state index contributed by atoms with van der Waals surface area (Å²) >= 11 is 0. The lowest BCUT2D eigenvalue weighted by atomic mass is 10.2. The van der Waals surface area contributed by atoms with Gasteiger partial charge in [-0.2, -0.15) is 0 Å². The SMILES string of the molecule is CCc1cccc(OCc2c(C(=O)O)nnn2CC(=O)O)c1. The van der Waals surface area contributed by atoms with Crippen LogP contribution in [0.1, 0.15) is 28.7 Å². The van der Waals surface area contributed by atoms with Crippen molar-refractivity contribution in [1.82, 2.24) is 15.0 Å². The monoisotopic (exact) mass is 305 g/mol. The molecule has 1 aromatic heterocycles. The topological polar surface area (TPSA) is 115 Å². The largest absolute Gasteiger partial charge is 0.487 e. The third kappa shape index (κ3) is 3.60. The summed E-state index contributed by atoms with van der Waals surface area (Å²) in [6.07, 6.45) is 0.843. The Kier molecular flexibility index (Phi) is 4.72. The van der Waals surface area contributed by atoms with Crippen LogP contribution in [-0.2, 0) is 24.4 Å². The molecule has 0 aliphatic heterocycles. The lowest BCUT2D eigenvalue weighted by Crippen LogP contribution is -2.16. The molecule has 0 radical (unpaired) electrons. The molecule has 2 aromatic rings. The van der Waals surface area contributed by atoms with E-state index in [-0.39, 0.29) is 18.0 Å². The molecular formula is C14H15N3O5. The van der Waals surface area contributed by atoms with Crippen LogP contribution in [0.3, 0.4) is 0 Å². The molecule has 22 heavy (non-hydrogen) atoms. The summed E-state index contributed by atoms with van der Waals surface area (Å²) in [7, 11) is 0. The number of carboxylic acids is 2. The number of nitrogens with zero attached hydrogens (tertiary/aromatic N) is 3. The van der Waals surface area contributed by atoms with Gasteiger partial charge in [0.2, 0.25) is 0 Å². The summed E-state index contributed by atoms with van der Waals surface area (Å²) in [5.74, 6) is -1.85. The first-order chi connectivity index (χ1) is 10.5. The maximum absolute atomic E-state index is 11.1. The molecule has 0 saturated carbocycles. The number of hydrogen-bond acceptors (Lipinski definition) is 5. The summed E-state index contributed by atoms with van der Waals surface area (Å²) in [5.41, 5.74) is 0.873. The van der Waals surface area contributed by atoms with Crippen LogP contribution in [0.4, 0.5) is 0 Å². The normalized spacial score (nSPS) is 10.4. The van der Waals surface area contributed by atoms with Crippen molar-refractivity contribution >= 4 is 11.9 Å². The van der Waals surface area contributed by atoms with Crippen LogP contribution in [0.15, 0.2) is 24.3 Å². The summed E-state index contributed by atoms with van der Waals surface area (Å²) in [4.78, 5) is 21.9. The molecule has 1 heterocycles. The van der Waals surface area contributed by atoms with Crippen LogP contribution >= 0.6 is 0 Å². The van der Waals surface area contributed by atoms with Gasteiger partial charge in [-0.05, 0) is 24.1 Å². The van der Waals surface area contributed by atoms with Gasteiger partial charge < -0.3 is 14.9 Å². The quantitative estimate of drug-likeness (QED) is 0.789. The number of aromatic carboxylic acids is 1. The van der Waals surface area contributed by atoms with Crippen LogP contribution < -0.4 is 4.74 Å². The fraction of sp³-hybridized carbons (Fsp3) is 0.286. The number of benzene rings is 1. The second kappa shape index (κ2) is 6.70. The van der Waals surface area contributed by atoms with E-state index < -0.39 is 18.5 Å². The van der Waals surface area contributed by atoms with E-state index in [2.05, 4.69) is 10.3 Å². The van der Waals surface area contributed by atoms with Crippen molar-refractivity contribution in [2.75, 3.05) is 0 Å². The first kappa shape index (κ1) is 15.5. The maximum atomic E-state index is 11.1. The van der Waals surface area contributed by atoms with Gasteiger partial charge >= 0.3 is 11.9 Å². The van der Waals surface area contributed by atoms with Crippen molar-refractivity contribution in [3.63, 3.8) is 0 Å². The van der Waals surface area contributed by atoms with Crippen molar-refractivity contribution in [1.29, 1.82) is 0 Å². The summed E-state index contributed by atoms with van der Waals surface area (Å²) in [6.45, 7) is 1.40. The molecule has 0 unspecified atom stereocenters. The van der Waals surface area contributed by atoms with Gasteiger partial charge in [0.05, 0.1) is 0 Å². The molecule has 2 N–H and O–H groups in total.